The predicted octanol–water partition coefficient (Wildman–Crippen LogP) is 3.21. The van der Waals surface area contributed by atoms with Crippen LogP contribution >= 0.6 is 0 Å². The first-order valence-corrected chi connectivity index (χ1v) is 8.76. The lowest BCUT2D eigenvalue weighted by atomic mass is 9.82. The highest BCUT2D eigenvalue weighted by atomic mass is 16.5. The van der Waals surface area contributed by atoms with Gasteiger partial charge in [0.15, 0.2) is 0 Å². The highest BCUT2D eigenvalue weighted by molar-refractivity contribution is 5.84. The Balaban J connectivity index is 0. The SMILES string of the molecule is CCOCCNC(=O)C(C)(CC)COCC(C)(CC)C(=O)CC.[HH]. The lowest BCUT2D eigenvalue weighted by molar-refractivity contribution is -0.138. The molecule has 23 heavy (non-hydrogen) atoms. The number of hydrogen-bond acceptors (Lipinski definition) is 4. The standard InChI is InChI=1S/C18H35NO4.H2/c1-7-15(20)17(5,8-2)13-23-14-18(6,9-3)16(21)19-11-12-22-10-4;/h7-14H2,1-6H3,(H,19,21);1H. The number of nitrogens with one attached hydrogen (secondary N) is 1. The van der Waals surface area contributed by atoms with Gasteiger partial charge in [-0.05, 0) is 26.7 Å². The summed E-state index contributed by atoms with van der Waals surface area (Å²) in [5.41, 5.74) is -1.05. The Morgan fingerprint density at radius 1 is 0.957 bits per heavy atom. The fourth-order valence-corrected chi connectivity index (χ4v) is 2.23. The van der Waals surface area contributed by atoms with Crippen molar-refractivity contribution in [3.63, 3.8) is 0 Å². The van der Waals surface area contributed by atoms with E-state index in [9.17, 15) is 9.59 Å². The number of ether oxygens (including phenoxy) is 2. The third-order valence-electron chi connectivity index (χ3n) is 4.68. The highest BCUT2D eigenvalue weighted by Crippen LogP contribution is 2.27. The van der Waals surface area contributed by atoms with Gasteiger partial charge in [0, 0.05) is 26.4 Å². The van der Waals surface area contributed by atoms with Crippen LogP contribution in [0.15, 0.2) is 0 Å². The second kappa shape index (κ2) is 10.8. The van der Waals surface area contributed by atoms with Gasteiger partial charge in [-0.3, -0.25) is 9.59 Å². The van der Waals surface area contributed by atoms with Crippen molar-refractivity contribution in [2.24, 2.45) is 10.8 Å². The highest BCUT2D eigenvalue weighted by Gasteiger charge is 2.34. The van der Waals surface area contributed by atoms with Crippen molar-refractivity contribution >= 4 is 11.7 Å². The molecule has 138 valence electrons. The molecule has 0 radical (unpaired) electrons. The number of carbonyl (C=O) groups excluding carboxylic acids is 2. The zero-order valence-corrected chi connectivity index (χ0v) is 15.8. The average Bonchev–Trinajstić information content (AvgIpc) is 2.57. The molecule has 2 atom stereocenters. The molecule has 0 saturated carbocycles. The molecular formula is C18H37NO4. The molecule has 2 unspecified atom stereocenters. The van der Waals surface area contributed by atoms with Crippen molar-refractivity contribution in [3.8, 4) is 0 Å². The monoisotopic (exact) mass is 331 g/mol. The summed E-state index contributed by atoms with van der Waals surface area (Å²) in [7, 11) is 0. The second-order valence-corrected chi connectivity index (χ2v) is 6.55. The second-order valence-electron chi connectivity index (χ2n) is 6.55. The van der Waals surface area contributed by atoms with E-state index in [0.717, 1.165) is 6.42 Å². The van der Waals surface area contributed by atoms with Crippen LogP contribution in [-0.4, -0.2) is 44.7 Å². The summed E-state index contributed by atoms with van der Waals surface area (Å²) in [6, 6.07) is 0. The molecule has 5 nitrogen and oxygen atoms in total. The summed E-state index contributed by atoms with van der Waals surface area (Å²) in [4.78, 5) is 24.4. The molecule has 0 rings (SSSR count). The first-order chi connectivity index (χ1) is 10.8. The van der Waals surface area contributed by atoms with Gasteiger partial charge >= 0.3 is 0 Å². The van der Waals surface area contributed by atoms with E-state index in [4.69, 9.17) is 9.47 Å². The van der Waals surface area contributed by atoms with Crippen LogP contribution in [0.2, 0.25) is 0 Å². The molecule has 0 fully saturated rings. The maximum absolute atomic E-state index is 12.4. The minimum atomic E-state index is -0.587. The van der Waals surface area contributed by atoms with E-state index in [1.165, 1.54) is 0 Å². The van der Waals surface area contributed by atoms with Crippen molar-refractivity contribution in [2.45, 2.75) is 60.8 Å². The Labute approximate surface area is 143 Å². The number of amides is 1. The largest absolute Gasteiger partial charge is 0.380 e. The number of carbonyl (C=O) groups is 2. The lowest BCUT2D eigenvalue weighted by Gasteiger charge is -2.31. The van der Waals surface area contributed by atoms with Crippen molar-refractivity contribution < 1.29 is 20.5 Å². The first kappa shape index (κ1) is 22.1. The van der Waals surface area contributed by atoms with Crippen LogP contribution in [0, 0.1) is 10.8 Å². The summed E-state index contributed by atoms with van der Waals surface area (Å²) in [6.45, 7) is 13.9. The quantitative estimate of drug-likeness (QED) is 0.526. The fourth-order valence-electron chi connectivity index (χ4n) is 2.23. The van der Waals surface area contributed by atoms with Gasteiger partial charge in [0.2, 0.25) is 5.91 Å². The van der Waals surface area contributed by atoms with Gasteiger partial charge in [-0.1, -0.05) is 27.7 Å². The Bertz CT molecular complexity index is 378. The van der Waals surface area contributed by atoms with E-state index in [1.807, 2.05) is 41.5 Å². The van der Waals surface area contributed by atoms with Crippen LogP contribution in [0.25, 0.3) is 0 Å². The molecule has 0 aliphatic rings. The summed E-state index contributed by atoms with van der Waals surface area (Å²) >= 11 is 0. The zero-order valence-electron chi connectivity index (χ0n) is 15.8. The molecule has 1 N–H and O–H groups in total. The number of hydrogen-bond donors (Lipinski definition) is 1. The van der Waals surface area contributed by atoms with Gasteiger partial charge < -0.3 is 14.8 Å². The summed E-state index contributed by atoms with van der Waals surface area (Å²) in [5.74, 6) is 0.180. The molecule has 0 saturated heterocycles. The predicted molar refractivity (Wildman–Crippen MR) is 94.5 cm³/mol. The van der Waals surface area contributed by atoms with Crippen molar-refractivity contribution in [1.82, 2.24) is 5.32 Å². The van der Waals surface area contributed by atoms with Crippen LogP contribution in [-0.2, 0) is 19.1 Å². The van der Waals surface area contributed by atoms with E-state index in [0.29, 0.717) is 45.8 Å². The Morgan fingerprint density at radius 2 is 1.52 bits per heavy atom. The van der Waals surface area contributed by atoms with E-state index in [1.54, 1.807) is 0 Å². The molecular weight excluding hydrogens is 294 g/mol. The molecule has 0 aliphatic carbocycles. The van der Waals surface area contributed by atoms with Crippen molar-refractivity contribution in [3.05, 3.63) is 0 Å². The van der Waals surface area contributed by atoms with Crippen LogP contribution in [0.4, 0.5) is 0 Å². The minimum absolute atomic E-state index is 0. The minimum Gasteiger partial charge on any atom is -0.380 e. The molecule has 5 heteroatoms. The molecule has 1 amide bonds. The summed E-state index contributed by atoms with van der Waals surface area (Å²) < 4.78 is 11.0. The van der Waals surface area contributed by atoms with Gasteiger partial charge in [0.05, 0.1) is 25.2 Å². The first-order valence-electron chi connectivity index (χ1n) is 8.76. The van der Waals surface area contributed by atoms with Crippen LogP contribution < -0.4 is 5.32 Å². The summed E-state index contributed by atoms with van der Waals surface area (Å²) in [6.07, 6.45) is 1.93. The summed E-state index contributed by atoms with van der Waals surface area (Å²) in [5, 5.41) is 2.89. The molecule has 0 aromatic carbocycles. The number of ketones is 1. The van der Waals surface area contributed by atoms with Gasteiger partial charge in [-0.15, -0.1) is 0 Å². The van der Waals surface area contributed by atoms with E-state index in [2.05, 4.69) is 5.32 Å². The van der Waals surface area contributed by atoms with Crippen molar-refractivity contribution in [2.75, 3.05) is 33.0 Å². The van der Waals surface area contributed by atoms with Gasteiger partial charge in [-0.25, -0.2) is 0 Å². The van der Waals surface area contributed by atoms with E-state index >= 15 is 0 Å². The topological polar surface area (TPSA) is 64.6 Å². The molecule has 0 aliphatic heterocycles. The molecule has 0 aromatic heterocycles. The maximum atomic E-state index is 12.4. The normalized spacial score (nSPS) is 16.4. The Morgan fingerprint density at radius 3 is 2.00 bits per heavy atom. The smallest absolute Gasteiger partial charge is 0.228 e. The van der Waals surface area contributed by atoms with Gasteiger partial charge in [-0.2, -0.15) is 0 Å². The molecule has 0 aromatic rings. The maximum Gasteiger partial charge on any atom is 0.228 e. The Hall–Kier alpha value is -0.940. The van der Waals surface area contributed by atoms with Gasteiger partial charge in [0.25, 0.3) is 0 Å². The fraction of sp³-hybridized carbons (Fsp3) is 0.889. The number of Topliss-reactive ketones (excluding diaryl/α,β-unsaturated/α-hetero) is 1. The zero-order chi connectivity index (χ0) is 17.9. The third-order valence-corrected chi connectivity index (χ3v) is 4.68. The lowest BCUT2D eigenvalue weighted by Crippen LogP contribution is -2.44. The Kier molecular flexibility index (Phi) is 10.3. The van der Waals surface area contributed by atoms with Gasteiger partial charge in [0.1, 0.15) is 5.78 Å². The van der Waals surface area contributed by atoms with E-state index < -0.39 is 10.8 Å². The molecule has 0 spiro atoms. The van der Waals surface area contributed by atoms with E-state index in [-0.39, 0.29) is 13.1 Å². The van der Waals surface area contributed by atoms with Crippen LogP contribution in [0.5, 0.6) is 0 Å². The van der Waals surface area contributed by atoms with Crippen LogP contribution in [0.3, 0.4) is 0 Å². The third kappa shape index (κ3) is 7.00. The van der Waals surface area contributed by atoms with Crippen LogP contribution in [0.1, 0.15) is 62.2 Å². The average molecular weight is 331 g/mol. The van der Waals surface area contributed by atoms with Crippen molar-refractivity contribution in [1.29, 1.82) is 0 Å². The number of rotatable bonds is 13. The molecule has 0 bridgehead atoms. The molecule has 0 heterocycles.